The van der Waals surface area contributed by atoms with Crippen LogP contribution in [-0.4, -0.2) is 0 Å². The normalized spacial score (nSPS) is 13.9. The van der Waals surface area contributed by atoms with E-state index in [0.29, 0.717) is 0 Å². The maximum Gasteiger partial charge on any atom is 0.135 e. The average Bonchev–Trinajstić information content (AvgIpc) is 3.77. The molecule has 0 fully saturated rings. The largest absolute Gasteiger partial charge is 0.457 e. The minimum atomic E-state index is -0.767. The van der Waals surface area contributed by atoms with E-state index < -0.39 is 5.41 Å². The molecule has 4 heteroatoms. The lowest BCUT2D eigenvalue weighted by Crippen LogP contribution is -2.39. The summed E-state index contributed by atoms with van der Waals surface area (Å²) in [6.45, 7) is 0. The lowest BCUT2D eigenvalue weighted by atomic mass is 9.61. The SMILES string of the molecule is c1ccc(-c2ccc(N3c4cc5c(cc4C4(c6ccccc6Oc6ccccc64)c4cc6oc7ccccc7c6cc43)oc3ccccc35)cc2)cc1. The molecule has 4 nitrogen and oxygen atoms in total. The second-order valence-corrected chi connectivity index (χ2v) is 14.0. The van der Waals surface area contributed by atoms with Crippen molar-refractivity contribution in [2.75, 3.05) is 4.90 Å². The highest BCUT2D eigenvalue weighted by molar-refractivity contribution is 6.11. The van der Waals surface area contributed by atoms with Gasteiger partial charge in [-0.05, 0) is 82.9 Å². The Labute approximate surface area is 304 Å². The van der Waals surface area contributed by atoms with Gasteiger partial charge < -0.3 is 18.5 Å². The minimum Gasteiger partial charge on any atom is -0.457 e. The molecule has 2 aliphatic rings. The molecule has 1 spiro atoms. The molecule has 0 N–H and O–H groups in total. The molecule has 12 rings (SSSR count). The smallest absolute Gasteiger partial charge is 0.135 e. The van der Waals surface area contributed by atoms with Crippen LogP contribution in [0.15, 0.2) is 185 Å². The Hall–Kier alpha value is -7.04. The Balaban J connectivity index is 1.26. The molecule has 10 aromatic rings. The predicted octanol–water partition coefficient (Wildman–Crippen LogP) is 13.4. The quantitative estimate of drug-likeness (QED) is 0.182. The number of benzene rings is 8. The van der Waals surface area contributed by atoms with Crippen molar-refractivity contribution < 1.29 is 13.6 Å². The fourth-order valence-electron chi connectivity index (χ4n) is 9.05. The zero-order chi connectivity index (χ0) is 34.7. The van der Waals surface area contributed by atoms with Crippen LogP contribution >= 0.6 is 0 Å². The summed E-state index contributed by atoms with van der Waals surface area (Å²) in [6, 6.07) is 62.3. The zero-order valence-electron chi connectivity index (χ0n) is 28.4. The van der Waals surface area contributed by atoms with E-state index in [4.69, 9.17) is 13.6 Å². The second-order valence-electron chi connectivity index (χ2n) is 14.0. The van der Waals surface area contributed by atoms with Crippen molar-refractivity contribution in [2.24, 2.45) is 0 Å². The minimum absolute atomic E-state index is 0.767. The van der Waals surface area contributed by atoms with Crippen molar-refractivity contribution in [3.8, 4) is 22.6 Å². The summed E-state index contributed by atoms with van der Waals surface area (Å²) < 4.78 is 20.0. The number of nitrogens with zero attached hydrogens (tertiary/aromatic N) is 1. The highest BCUT2D eigenvalue weighted by Gasteiger charge is 2.52. The Bertz CT molecular complexity index is 2930. The highest BCUT2D eigenvalue weighted by atomic mass is 16.5. The summed E-state index contributed by atoms with van der Waals surface area (Å²) in [4.78, 5) is 2.44. The first-order chi connectivity index (χ1) is 26.3. The molecular formula is C49H29NO3. The van der Waals surface area contributed by atoms with Crippen molar-refractivity contribution in [3.05, 3.63) is 198 Å². The number of fused-ring (bicyclic) bond motifs is 14. The molecule has 0 bridgehead atoms. The van der Waals surface area contributed by atoms with Gasteiger partial charge in [0, 0.05) is 38.4 Å². The summed E-state index contributed by atoms with van der Waals surface area (Å²) in [5.41, 5.74) is 12.6. The van der Waals surface area contributed by atoms with Crippen LogP contribution in [0.3, 0.4) is 0 Å². The van der Waals surface area contributed by atoms with Gasteiger partial charge in [-0.2, -0.15) is 0 Å². The number of para-hydroxylation sites is 4. The van der Waals surface area contributed by atoms with Gasteiger partial charge in [-0.25, -0.2) is 0 Å². The molecule has 0 atom stereocenters. The lowest BCUT2D eigenvalue weighted by Gasteiger charge is -2.48. The summed E-state index contributed by atoms with van der Waals surface area (Å²) in [7, 11) is 0. The molecule has 4 heterocycles. The topological polar surface area (TPSA) is 38.8 Å². The Kier molecular flexibility index (Phi) is 5.67. The van der Waals surface area contributed by atoms with E-state index in [2.05, 4.69) is 169 Å². The van der Waals surface area contributed by atoms with E-state index in [-0.39, 0.29) is 0 Å². The third-order valence-corrected chi connectivity index (χ3v) is 11.3. The van der Waals surface area contributed by atoms with Crippen LogP contribution in [0.2, 0.25) is 0 Å². The Morgan fingerprint density at radius 1 is 0.358 bits per heavy atom. The maximum absolute atomic E-state index is 6.71. The molecule has 248 valence electrons. The number of rotatable bonds is 2. The van der Waals surface area contributed by atoms with Gasteiger partial charge in [0.25, 0.3) is 0 Å². The van der Waals surface area contributed by atoms with E-state index >= 15 is 0 Å². The molecule has 0 aliphatic carbocycles. The van der Waals surface area contributed by atoms with Crippen LogP contribution in [0.1, 0.15) is 22.3 Å². The van der Waals surface area contributed by atoms with Crippen LogP contribution in [0.25, 0.3) is 55.0 Å². The van der Waals surface area contributed by atoms with E-state index in [1.54, 1.807) is 0 Å². The number of hydrogen-bond acceptors (Lipinski definition) is 4. The van der Waals surface area contributed by atoms with E-state index in [9.17, 15) is 0 Å². The molecule has 0 saturated carbocycles. The molecule has 0 unspecified atom stereocenters. The van der Waals surface area contributed by atoms with Gasteiger partial charge >= 0.3 is 0 Å². The fraction of sp³-hybridized carbons (Fsp3) is 0.0204. The van der Waals surface area contributed by atoms with Gasteiger partial charge in [-0.15, -0.1) is 0 Å². The molecule has 53 heavy (non-hydrogen) atoms. The lowest BCUT2D eigenvalue weighted by molar-refractivity contribution is 0.434. The molecule has 0 amide bonds. The van der Waals surface area contributed by atoms with Gasteiger partial charge in [0.2, 0.25) is 0 Å². The monoisotopic (exact) mass is 679 g/mol. The van der Waals surface area contributed by atoms with Gasteiger partial charge in [0.15, 0.2) is 0 Å². The average molecular weight is 680 g/mol. The molecule has 0 saturated heterocycles. The van der Waals surface area contributed by atoms with Crippen molar-refractivity contribution in [1.29, 1.82) is 0 Å². The van der Waals surface area contributed by atoms with Crippen LogP contribution in [-0.2, 0) is 5.41 Å². The molecule has 2 aliphatic heterocycles. The maximum atomic E-state index is 6.71. The first kappa shape index (κ1) is 28.6. The highest BCUT2D eigenvalue weighted by Crippen LogP contribution is 2.64. The summed E-state index contributed by atoms with van der Waals surface area (Å²) in [5, 5.41) is 4.34. The molecular weight excluding hydrogens is 651 g/mol. The third-order valence-electron chi connectivity index (χ3n) is 11.3. The molecule has 2 aromatic heterocycles. The van der Waals surface area contributed by atoms with Gasteiger partial charge in [0.05, 0.1) is 16.8 Å². The van der Waals surface area contributed by atoms with Crippen LogP contribution in [0.4, 0.5) is 17.1 Å². The summed E-state index contributed by atoms with van der Waals surface area (Å²) in [6.07, 6.45) is 0. The van der Waals surface area contributed by atoms with Crippen molar-refractivity contribution in [1.82, 2.24) is 0 Å². The van der Waals surface area contributed by atoms with Crippen molar-refractivity contribution in [3.63, 3.8) is 0 Å². The fourth-order valence-corrected chi connectivity index (χ4v) is 9.05. The van der Waals surface area contributed by atoms with Crippen molar-refractivity contribution in [2.45, 2.75) is 5.41 Å². The van der Waals surface area contributed by atoms with E-state index in [1.165, 1.54) is 11.1 Å². The molecule has 8 aromatic carbocycles. The predicted molar refractivity (Wildman–Crippen MR) is 213 cm³/mol. The number of hydrogen-bond donors (Lipinski definition) is 0. The van der Waals surface area contributed by atoms with Gasteiger partial charge in [0.1, 0.15) is 33.8 Å². The number of ether oxygens (including phenoxy) is 1. The van der Waals surface area contributed by atoms with Crippen LogP contribution in [0, 0.1) is 0 Å². The molecule has 0 radical (unpaired) electrons. The Morgan fingerprint density at radius 3 is 1.40 bits per heavy atom. The summed E-state index contributed by atoms with van der Waals surface area (Å²) in [5.74, 6) is 1.66. The second kappa shape index (κ2) is 10.5. The van der Waals surface area contributed by atoms with Gasteiger partial charge in [-0.3, -0.25) is 0 Å². The van der Waals surface area contributed by atoms with E-state index in [1.807, 2.05) is 12.1 Å². The van der Waals surface area contributed by atoms with E-state index in [0.717, 1.165) is 94.7 Å². The Morgan fingerprint density at radius 2 is 0.830 bits per heavy atom. The third kappa shape index (κ3) is 3.84. The standard InChI is InChI=1S/C49H29NO3/c1-2-12-30(13-3-1)31-22-24-32(25-23-31)50-41-26-35-33-14-4-8-18-43(33)51-47(35)28-39(41)49(37-16-6-10-20-45(37)53-46-21-11-7-17-38(46)49)40-29-48-36(27-42(40)50)34-15-5-9-19-44(34)52-48/h1-29H. The number of anilines is 3. The number of furan rings is 2. The summed E-state index contributed by atoms with van der Waals surface area (Å²) >= 11 is 0. The van der Waals surface area contributed by atoms with Crippen molar-refractivity contribution >= 4 is 60.9 Å². The first-order valence-corrected chi connectivity index (χ1v) is 18.0. The van der Waals surface area contributed by atoms with Crippen LogP contribution < -0.4 is 9.64 Å². The first-order valence-electron chi connectivity index (χ1n) is 18.0. The van der Waals surface area contributed by atoms with Crippen LogP contribution in [0.5, 0.6) is 11.5 Å². The zero-order valence-corrected chi connectivity index (χ0v) is 28.4. The van der Waals surface area contributed by atoms with Gasteiger partial charge in [-0.1, -0.05) is 115 Å².